The Morgan fingerprint density at radius 2 is 1.96 bits per heavy atom. The van der Waals surface area contributed by atoms with Crippen LogP contribution >= 0.6 is 0 Å². The second kappa shape index (κ2) is 7.83. The summed E-state index contributed by atoms with van der Waals surface area (Å²) in [4.78, 5) is 20.3. The fraction of sp³-hybridized carbons (Fsp3) is 0.100. The summed E-state index contributed by atoms with van der Waals surface area (Å²) in [5, 5.41) is 6.40. The van der Waals surface area contributed by atoms with Crippen molar-refractivity contribution < 1.29 is 13.7 Å². The van der Waals surface area contributed by atoms with Gasteiger partial charge >= 0.3 is 0 Å². The van der Waals surface area contributed by atoms with Gasteiger partial charge in [0.1, 0.15) is 5.82 Å². The Kier molecular flexibility index (Phi) is 4.92. The largest absolute Gasteiger partial charge is 0.345 e. The third kappa shape index (κ3) is 4.12. The maximum atomic E-state index is 13.3. The molecule has 0 atom stereocenters. The maximum absolute atomic E-state index is 13.3. The third-order valence-corrected chi connectivity index (χ3v) is 4.10. The highest BCUT2D eigenvalue weighted by Crippen LogP contribution is 2.17. The Labute approximate surface area is 159 Å². The van der Waals surface area contributed by atoms with Crippen LogP contribution in [0.3, 0.4) is 0 Å². The van der Waals surface area contributed by atoms with Crippen molar-refractivity contribution in [1.29, 1.82) is 0 Å². The van der Waals surface area contributed by atoms with Crippen LogP contribution in [0.5, 0.6) is 0 Å². The van der Waals surface area contributed by atoms with Crippen LogP contribution in [0.25, 0.3) is 11.5 Å². The summed E-state index contributed by atoms with van der Waals surface area (Å²) in [6.45, 7) is 1.06. The van der Waals surface area contributed by atoms with Gasteiger partial charge in [-0.25, -0.2) is 9.37 Å². The number of aromatic nitrogens is 4. The molecule has 0 radical (unpaired) electrons. The number of rotatable bonds is 6. The maximum Gasteiger partial charge on any atom is 0.292 e. The van der Waals surface area contributed by atoms with E-state index >= 15 is 0 Å². The van der Waals surface area contributed by atoms with Crippen LogP contribution < -0.4 is 5.32 Å². The minimum Gasteiger partial charge on any atom is -0.345 e. The number of hydrogen-bond donors (Lipinski definition) is 1. The minimum atomic E-state index is -0.464. The van der Waals surface area contributed by atoms with E-state index in [1.165, 1.54) is 18.2 Å². The van der Waals surface area contributed by atoms with E-state index in [0.717, 1.165) is 17.7 Å². The van der Waals surface area contributed by atoms with Crippen molar-refractivity contribution in [3.8, 4) is 11.5 Å². The van der Waals surface area contributed by atoms with Gasteiger partial charge < -0.3 is 14.4 Å². The molecule has 7 nitrogen and oxygen atoms in total. The van der Waals surface area contributed by atoms with Gasteiger partial charge in [-0.05, 0) is 29.3 Å². The average Bonchev–Trinajstić information content (AvgIpc) is 3.39. The molecular weight excluding hydrogens is 361 g/mol. The first-order chi connectivity index (χ1) is 13.7. The average molecular weight is 377 g/mol. The van der Waals surface area contributed by atoms with E-state index in [2.05, 4.69) is 20.4 Å². The second-order valence-corrected chi connectivity index (χ2v) is 6.17. The van der Waals surface area contributed by atoms with E-state index in [1.54, 1.807) is 18.6 Å². The fourth-order valence-corrected chi connectivity index (χ4v) is 2.67. The first kappa shape index (κ1) is 17.6. The first-order valence-electron chi connectivity index (χ1n) is 8.59. The SMILES string of the molecule is O=C(NCc1ccc(Cn2ccnc2)cc1)c1noc(-c2cccc(F)c2)n1. The summed E-state index contributed by atoms with van der Waals surface area (Å²) in [5.74, 6) is -0.892. The molecule has 0 saturated heterocycles. The number of amides is 1. The molecule has 4 rings (SSSR count). The van der Waals surface area contributed by atoms with Crippen LogP contribution in [0, 0.1) is 5.82 Å². The zero-order chi connectivity index (χ0) is 19.3. The summed E-state index contributed by atoms with van der Waals surface area (Å²) < 4.78 is 20.3. The van der Waals surface area contributed by atoms with Crippen molar-refractivity contribution in [1.82, 2.24) is 25.0 Å². The molecule has 2 aromatic heterocycles. The second-order valence-electron chi connectivity index (χ2n) is 6.17. The van der Waals surface area contributed by atoms with E-state index in [4.69, 9.17) is 4.52 Å². The van der Waals surface area contributed by atoms with Gasteiger partial charge in [-0.1, -0.05) is 35.5 Å². The molecule has 1 amide bonds. The van der Waals surface area contributed by atoms with Crippen molar-refractivity contribution in [3.05, 3.63) is 90.0 Å². The van der Waals surface area contributed by atoms with Gasteiger partial charge in [-0.3, -0.25) is 4.79 Å². The Hall–Kier alpha value is -3.81. The molecule has 0 aliphatic heterocycles. The highest BCUT2D eigenvalue weighted by Gasteiger charge is 2.15. The molecule has 0 aliphatic carbocycles. The molecule has 2 heterocycles. The number of nitrogens with one attached hydrogen (secondary N) is 1. The van der Waals surface area contributed by atoms with Crippen molar-refractivity contribution in [2.45, 2.75) is 13.1 Å². The highest BCUT2D eigenvalue weighted by atomic mass is 19.1. The van der Waals surface area contributed by atoms with E-state index in [1.807, 2.05) is 35.0 Å². The van der Waals surface area contributed by atoms with Gasteiger partial charge in [0.25, 0.3) is 17.6 Å². The zero-order valence-corrected chi connectivity index (χ0v) is 14.7. The molecule has 0 fully saturated rings. The number of carbonyl (C=O) groups is 1. The molecule has 140 valence electrons. The Balaban J connectivity index is 1.35. The number of benzene rings is 2. The Morgan fingerprint density at radius 1 is 1.14 bits per heavy atom. The molecule has 0 aliphatic rings. The normalized spacial score (nSPS) is 10.8. The molecule has 0 bridgehead atoms. The quantitative estimate of drug-likeness (QED) is 0.558. The van der Waals surface area contributed by atoms with Crippen LogP contribution in [-0.4, -0.2) is 25.6 Å². The van der Waals surface area contributed by atoms with Crippen LogP contribution in [0.1, 0.15) is 21.7 Å². The van der Waals surface area contributed by atoms with Gasteiger partial charge in [-0.15, -0.1) is 0 Å². The van der Waals surface area contributed by atoms with E-state index in [9.17, 15) is 9.18 Å². The summed E-state index contributed by atoms with van der Waals surface area (Å²) in [6, 6.07) is 13.6. The lowest BCUT2D eigenvalue weighted by molar-refractivity contribution is 0.0937. The molecule has 8 heteroatoms. The summed E-state index contributed by atoms with van der Waals surface area (Å²) in [7, 11) is 0. The Bertz CT molecular complexity index is 1070. The number of nitrogens with zero attached hydrogens (tertiary/aromatic N) is 4. The van der Waals surface area contributed by atoms with Crippen molar-refractivity contribution >= 4 is 5.91 Å². The molecular formula is C20H16FN5O2. The number of carbonyl (C=O) groups excluding carboxylic acids is 1. The van der Waals surface area contributed by atoms with Crippen LogP contribution in [0.15, 0.2) is 71.8 Å². The monoisotopic (exact) mass is 377 g/mol. The molecule has 0 saturated carbocycles. The van der Waals surface area contributed by atoms with Gasteiger partial charge in [0.15, 0.2) is 0 Å². The van der Waals surface area contributed by atoms with Crippen LogP contribution in [-0.2, 0) is 13.1 Å². The molecule has 1 N–H and O–H groups in total. The van der Waals surface area contributed by atoms with Gasteiger partial charge in [0.2, 0.25) is 0 Å². The van der Waals surface area contributed by atoms with E-state index < -0.39 is 11.7 Å². The van der Waals surface area contributed by atoms with E-state index in [-0.39, 0.29) is 11.7 Å². The number of hydrogen-bond acceptors (Lipinski definition) is 5. The number of imidazole rings is 1. The van der Waals surface area contributed by atoms with Crippen LogP contribution in [0.4, 0.5) is 4.39 Å². The molecule has 0 spiro atoms. The third-order valence-electron chi connectivity index (χ3n) is 4.10. The van der Waals surface area contributed by atoms with Crippen molar-refractivity contribution in [3.63, 3.8) is 0 Å². The van der Waals surface area contributed by atoms with E-state index in [0.29, 0.717) is 12.1 Å². The molecule has 28 heavy (non-hydrogen) atoms. The smallest absolute Gasteiger partial charge is 0.292 e. The highest BCUT2D eigenvalue weighted by molar-refractivity contribution is 5.90. The van der Waals surface area contributed by atoms with Crippen LogP contribution in [0.2, 0.25) is 0 Å². The number of halogens is 1. The standard InChI is InChI=1S/C20H16FN5O2/c21-17-3-1-2-16(10-17)20-24-18(25-28-20)19(27)23-11-14-4-6-15(7-5-14)12-26-9-8-22-13-26/h1-10,13H,11-12H2,(H,23,27). The zero-order valence-electron chi connectivity index (χ0n) is 14.7. The summed E-state index contributed by atoms with van der Waals surface area (Å²) >= 11 is 0. The minimum absolute atomic E-state index is 0.0912. The van der Waals surface area contributed by atoms with Crippen molar-refractivity contribution in [2.24, 2.45) is 0 Å². The lowest BCUT2D eigenvalue weighted by Crippen LogP contribution is -2.23. The summed E-state index contributed by atoms with van der Waals surface area (Å²) in [5.41, 5.74) is 2.49. The topological polar surface area (TPSA) is 85.8 Å². The lowest BCUT2D eigenvalue weighted by Gasteiger charge is -2.06. The Morgan fingerprint density at radius 3 is 2.71 bits per heavy atom. The van der Waals surface area contributed by atoms with Gasteiger partial charge in [0, 0.05) is 31.0 Å². The molecule has 2 aromatic carbocycles. The fourth-order valence-electron chi connectivity index (χ4n) is 2.67. The lowest BCUT2D eigenvalue weighted by atomic mass is 10.1. The van der Waals surface area contributed by atoms with Gasteiger partial charge in [-0.2, -0.15) is 4.98 Å². The molecule has 0 unspecified atom stereocenters. The predicted octanol–water partition coefficient (Wildman–Crippen LogP) is 3.05. The van der Waals surface area contributed by atoms with Crippen molar-refractivity contribution in [2.75, 3.05) is 0 Å². The summed E-state index contributed by atoms with van der Waals surface area (Å²) in [6.07, 6.45) is 5.40. The predicted molar refractivity (Wildman–Crippen MR) is 98.6 cm³/mol. The van der Waals surface area contributed by atoms with Gasteiger partial charge in [0.05, 0.1) is 6.33 Å². The first-order valence-corrected chi connectivity index (χ1v) is 8.59. The molecule has 4 aromatic rings.